The van der Waals surface area contributed by atoms with Crippen LogP contribution in [0.1, 0.15) is 11.6 Å². The van der Waals surface area contributed by atoms with Crippen LogP contribution in [0.4, 0.5) is 0 Å². The molecule has 0 radical (unpaired) electrons. The van der Waals surface area contributed by atoms with E-state index in [9.17, 15) is 0 Å². The first-order chi connectivity index (χ1) is 7.51. The third-order valence-electron chi connectivity index (χ3n) is 2.48. The van der Waals surface area contributed by atoms with Crippen LogP contribution >= 0.6 is 23.2 Å². The van der Waals surface area contributed by atoms with Crippen molar-refractivity contribution in [2.75, 3.05) is 27.7 Å². The zero-order chi connectivity index (χ0) is 12.3. The van der Waals surface area contributed by atoms with Crippen molar-refractivity contribution in [2.45, 2.75) is 6.04 Å². The number of methoxy groups -OCH3 is 1. The van der Waals surface area contributed by atoms with Gasteiger partial charge in [0.05, 0.1) is 12.1 Å². The van der Waals surface area contributed by atoms with Crippen molar-refractivity contribution < 1.29 is 4.74 Å². The number of halogens is 2. The molecule has 1 aromatic rings. The van der Waals surface area contributed by atoms with Crippen LogP contribution in [0.15, 0.2) is 12.1 Å². The zero-order valence-electron chi connectivity index (χ0n) is 9.63. The van der Waals surface area contributed by atoms with Crippen LogP contribution in [0.5, 0.6) is 5.75 Å². The summed E-state index contributed by atoms with van der Waals surface area (Å²) < 4.78 is 5.09. The van der Waals surface area contributed by atoms with E-state index in [0.29, 0.717) is 22.3 Å². The quantitative estimate of drug-likeness (QED) is 0.907. The molecule has 0 spiro atoms. The standard InChI is InChI=1S/C11H16Cl2N2O/c1-15(2)10(6-14)7-4-9(13)11(16-3)5-8(7)12/h4-5,10H,6,14H2,1-3H3. The van der Waals surface area contributed by atoms with Gasteiger partial charge in [0, 0.05) is 23.7 Å². The first-order valence-corrected chi connectivity index (χ1v) is 5.66. The molecule has 5 heteroatoms. The van der Waals surface area contributed by atoms with Crippen LogP contribution in [-0.4, -0.2) is 32.6 Å². The molecule has 0 aliphatic heterocycles. The number of rotatable bonds is 4. The Morgan fingerprint density at radius 3 is 2.38 bits per heavy atom. The monoisotopic (exact) mass is 262 g/mol. The second-order valence-electron chi connectivity index (χ2n) is 3.72. The van der Waals surface area contributed by atoms with Gasteiger partial charge in [0.2, 0.25) is 0 Å². The maximum atomic E-state index is 6.18. The minimum atomic E-state index is 0.0518. The van der Waals surface area contributed by atoms with E-state index in [4.69, 9.17) is 33.7 Å². The first-order valence-electron chi connectivity index (χ1n) is 4.90. The lowest BCUT2D eigenvalue weighted by molar-refractivity contribution is 0.306. The summed E-state index contributed by atoms with van der Waals surface area (Å²) >= 11 is 12.2. The summed E-state index contributed by atoms with van der Waals surface area (Å²) in [5.74, 6) is 0.574. The van der Waals surface area contributed by atoms with Crippen LogP contribution in [-0.2, 0) is 0 Å². The first kappa shape index (κ1) is 13.6. The van der Waals surface area contributed by atoms with Crippen molar-refractivity contribution in [3.8, 4) is 5.75 Å². The maximum absolute atomic E-state index is 6.18. The van der Waals surface area contributed by atoms with Gasteiger partial charge in [-0.1, -0.05) is 23.2 Å². The van der Waals surface area contributed by atoms with E-state index in [2.05, 4.69) is 0 Å². The summed E-state index contributed by atoms with van der Waals surface area (Å²) in [6.45, 7) is 0.482. The summed E-state index contributed by atoms with van der Waals surface area (Å²) in [5.41, 5.74) is 6.64. The summed E-state index contributed by atoms with van der Waals surface area (Å²) in [4.78, 5) is 2.00. The molecule has 16 heavy (non-hydrogen) atoms. The number of nitrogens with two attached hydrogens (primary N) is 1. The van der Waals surface area contributed by atoms with Crippen molar-refractivity contribution in [3.05, 3.63) is 27.7 Å². The molecule has 0 saturated heterocycles. The fourth-order valence-electron chi connectivity index (χ4n) is 1.57. The summed E-state index contributed by atoms with van der Waals surface area (Å²) in [7, 11) is 5.46. The summed E-state index contributed by atoms with van der Waals surface area (Å²) in [6.07, 6.45) is 0. The topological polar surface area (TPSA) is 38.5 Å². The molecule has 0 saturated carbocycles. The number of hydrogen-bond acceptors (Lipinski definition) is 3. The summed E-state index contributed by atoms with van der Waals surface area (Å²) in [5, 5.41) is 1.16. The van der Waals surface area contributed by atoms with Crippen LogP contribution in [0.2, 0.25) is 10.0 Å². The molecular weight excluding hydrogens is 247 g/mol. The van der Waals surface area contributed by atoms with Gasteiger partial charge >= 0.3 is 0 Å². The Kier molecular flexibility index (Phi) is 4.87. The van der Waals surface area contributed by atoms with E-state index in [1.165, 1.54) is 0 Å². The van der Waals surface area contributed by atoms with E-state index in [1.807, 2.05) is 19.0 Å². The average Bonchev–Trinajstić information content (AvgIpc) is 2.23. The SMILES string of the molecule is COc1cc(Cl)c(C(CN)N(C)C)cc1Cl. The maximum Gasteiger partial charge on any atom is 0.138 e. The van der Waals surface area contributed by atoms with E-state index in [0.717, 1.165) is 5.56 Å². The second-order valence-corrected chi connectivity index (χ2v) is 4.54. The Labute approximate surface area is 106 Å². The molecule has 0 fully saturated rings. The van der Waals surface area contributed by atoms with Crippen molar-refractivity contribution in [1.29, 1.82) is 0 Å². The number of nitrogens with zero attached hydrogens (tertiary/aromatic N) is 1. The largest absolute Gasteiger partial charge is 0.495 e. The van der Waals surface area contributed by atoms with E-state index < -0.39 is 0 Å². The Morgan fingerprint density at radius 1 is 1.31 bits per heavy atom. The molecule has 0 aliphatic carbocycles. The van der Waals surface area contributed by atoms with Crippen molar-refractivity contribution in [3.63, 3.8) is 0 Å². The fraction of sp³-hybridized carbons (Fsp3) is 0.455. The third-order valence-corrected chi connectivity index (χ3v) is 3.10. The normalized spacial score (nSPS) is 12.9. The Morgan fingerprint density at radius 2 is 1.94 bits per heavy atom. The highest BCUT2D eigenvalue weighted by Gasteiger charge is 2.17. The average molecular weight is 263 g/mol. The molecular formula is C11H16Cl2N2O. The van der Waals surface area contributed by atoms with Gasteiger partial charge in [-0.25, -0.2) is 0 Å². The predicted octanol–water partition coefficient (Wildman–Crippen LogP) is 2.56. The minimum Gasteiger partial charge on any atom is -0.495 e. The number of likely N-dealkylation sites (N-methyl/N-ethyl adjacent to an activating group) is 1. The Bertz CT molecular complexity index is 369. The lowest BCUT2D eigenvalue weighted by Gasteiger charge is -2.24. The minimum absolute atomic E-state index is 0.0518. The predicted molar refractivity (Wildman–Crippen MR) is 68.5 cm³/mol. The molecule has 0 aliphatic rings. The Balaban J connectivity index is 3.18. The van der Waals surface area contributed by atoms with Crippen molar-refractivity contribution in [2.24, 2.45) is 5.73 Å². The van der Waals surface area contributed by atoms with Gasteiger partial charge < -0.3 is 15.4 Å². The molecule has 1 atom stereocenters. The second kappa shape index (κ2) is 5.73. The third kappa shape index (κ3) is 2.80. The molecule has 90 valence electrons. The molecule has 0 bridgehead atoms. The number of ether oxygens (including phenoxy) is 1. The van der Waals surface area contributed by atoms with Gasteiger partial charge in [-0.3, -0.25) is 0 Å². The fourth-order valence-corrected chi connectivity index (χ4v) is 2.10. The number of benzene rings is 1. The van der Waals surface area contributed by atoms with Crippen LogP contribution in [0.25, 0.3) is 0 Å². The van der Waals surface area contributed by atoms with Crippen LogP contribution < -0.4 is 10.5 Å². The Hall–Kier alpha value is -0.480. The molecule has 0 heterocycles. The highest BCUT2D eigenvalue weighted by atomic mass is 35.5. The zero-order valence-corrected chi connectivity index (χ0v) is 11.1. The smallest absolute Gasteiger partial charge is 0.138 e. The van der Waals surface area contributed by atoms with E-state index >= 15 is 0 Å². The molecule has 1 unspecified atom stereocenters. The lowest BCUT2D eigenvalue weighted by atomic mass is 10.1. The van der Waals surface area contributed by atoms with Crippen molar-refractivity contribution in [1.82, 2.24) is 4.90 Å². The van der Waals surface area contributed by atoms with Gasteiger partial charge in [-0.15, -0.1) is 0 Å². The highest BCUT2D eigenvalue weighted by Crippen LogP contribution is 2.34. The van der Waals surface area contributed by atoms with Gasteiger partial charge in [-0.2, -0.15) is 0 Å². The van der Waals surface area contributed by atoms with E-state index in [-0.39, 0.29) is 6.04 Å². The van der Waals surface area contributed by atoms with Crippen LogP contribution in [0, 0.1) is 0 Å². The van der Waals surface area contributed by atoms with Crippen LogP contribution in [0.3, 0.4) is 0 Å². The molecule has 2 N–H and O–H groups in total. The summed E-state index contributed by atoms with van der Waals surface area (Å²) in [6, 6.07) is 3.57. The highest BCUT2D eigenvalue weighted by molar-refractivity contribution is 6.34. The van der Waals surface area contributed by atoms with Gasteiger partial charge in [0.15, 0.2) is 0 Å². The molecule has 1 aromatic carbocycles. The van der Waals surface area contributed by atoms with Gasteiger partial charge in [0.25, 0.3) is 0 Å². The van der Waals surface area contributed by atoms with Gasteiger partial charge in [-0.05, 0) is 25.7 Å². The van der Waals surface area contributed by atoms with E-state index in [1.54, 1.807) is 19.2 Å². The molecule has 3 nitrogen and oxygen atoms in total. The van der Waals surface area contributed by atoms with Gasteiger partial charge in [0.1, 0.15) is 5.75 Å². The molecule has 0 amide bonds. The molecule has 1 rings (SSSR count). The molecule has 0 aromatic heterocycles. The number of hydrogen-bond donors (Lipinski definition) is 1. The lowest BCUT2D eigenvalue weighted by Crippen LogP contribution is -2.27. The van der Waals surface area contributed by atoms with Crippen molar-refractivity contribution >= 4 is 23.2 Å².